The molecule has 0 saturated carbocycles. The molecule has 0 heterocycles. The van der Waals surface area contributed by atoms with Crippen molar-refractivity contribution >= 4 is 16.2 Å². The van der Waals surface area contributed by atoms with Crippen LogP contribution >= 0.6 is 0 Å². The smallest absolute Gasteiger partial charge is 0.744 e. The van der Waals surface area contributed by atoms with Crippen molar-refractivity contribution in [3.05, 3.63) is 41.3 Å². The molecule has 0 bridgehead atoms. The molecule has 0 aliphatic carbocycles. The van der Waals surface area contributed by atoms with E-state index in [9.17, 15) is 13.0 Å². The minimum Gasteiger partial charge on any atom is -0.744 e. The van der Waals surface area contributed by atoms with Crippen molar-refractivity contribution in [2.24, 2.45) is 0 Å². The molecule has 0 saturated heterocycles. The van der Waals surface area contributed by atoms with Crippen LogP contribution in [0.4, 0.5) is 0 Å². The second kappa shape index (κ2) is 5.36. The Kier molecular flexibility index (Phi) is 5.20. The van der Waals surface area contributed by atoms with Crippen LogP contribution in [0.3, 0.4) is 0 Å². The zero-order valence-electron chi connectivity index (χ0n) is 6.48. The molecule has 0 fully saturated rings. The van der Waals surface area contributed by atoms with Crippen molar-refractivity contribution in [3.8, 4) is 0 Å². The molecule has 0 spiro atoms. The predicted octanol–water partition coefficient (Wildman–Crippen LogP) is 1.20. The molecule has 0 aromatic heterocycles. The second-order valence-electron chi connectivity index (χ2n) is 2.21. The van der Waals surface area contributed by atoms with E-state index in [0.29, 0.717) is 11.0 Å². The van der Waals surface area contributed by atoms with E-state index in [0.717, 1.165) is 0 Å². The first-order valence-corrected chi connectivity index (χ1v) is 4.74. The molecular formula is C8H7AgO3S. The van der Waals surface area contributed by atoms with Gasteiger partial charge in [0.15, 0.2) is 0 Å². The van der Waals surface area contributed by atoms with Gasteiger partial charge in [0.2, 0.25) is 0 Å². The molecule has 0 radical (unpaired) electrons. The molecule has 0 atom stereocenters. The fourth-order valence-corrected chi connectivity index (χ4v) is 1.05. The van der Waals surface area contributed by atoms with Crippen LogP contribution in [-0.4, -0.2) is 13.0 Å². The molecule has 74 valence electrons. The van der Waals surface area contributed by atoms with Gasteiger partial charge in [-0.1, -0.05) is 30.3 Å². The normalized spacial score (nSPS) is 11.2. The van der Waals surface area contributed by atoms with Crippen LogP contribution in [0, 0.1) is 0 Å². The molecule has 1 rings (SSSR count). The first-order valence-electron chi connectivity index (χ1n) is 3.27. The molecular weight excluding hydrogens is 284 g/mol. The maximum atomic E-state index is 10.2. The third-order valence-electron chi connectivity index (χ3n) is 1.23. The molecule has 0 aliphatic heterocycles. The summed E-state index contributed by atoms with van der Waals surface area (Å²) < 4.78 is 30.5. The molecule has 0 unspecified atom stereocenters. The van der Waals surface area contributed by atoms with E-state index in [1.807, 2.05) is 6.07 Å². The Morgan fingerprint density at radius 2 is 1.69 bits per heavy atom. The van der Waals surface area contributed by atoms with Gasteiger partial charge in [0, 0.05) is 5.41 Å². The van der Waals surface area contributed by atoms with Gasteiger partial charge in [0.1, 0.15) is 10.1 Å². The first kappa shape index (κ1) is 12.6. The van der Waals surface area contributed by atoms with Gasteiger partial charge < -0.3 is 4.55 Å². The minimum absolute atomic E-state index is 0. The second-order valence-corrected chi connectivity index (χ2v) is 3.46. The molecule has 13 heavy (non-hydrogen) atoms. The van der Waals surface area contributed by atoms with E-state index in [1.54, 1.807) is 24.3 Å². The van der Waals surface area contributed by atoms with Crippen molar-refractivity contribution in [2.45, 2.75) is 0 Å². The average Bonchev–Trinajstić information content (AvgIpc) is 2.02. The van der Waals surface area contributed by atoms with Crippen LogP contribution in [0.25, 0.3) is 6.08 Å². The zero-order valence-corrected chi connectivity index (χ0v) is 8.77. The van der Waals surface area contributed by atoms with Crippen molar-refractivity contribution in [1.82, 2.24) is 0 Å². The van der Waals surface area contributed by atoms with E-state index in [-0.39, 0.29) is 22.4 Å². The standard InChI is InChI=1S/C8H8O3S.Ag/c9-12(10,11)7-6-8-4-2-1-3-5-8;/h1-7H,(H,9,10,11);/q;+1/p-1. The van der Waals surface area contributed by atoms with Gasteiger partial charge in [-0.05, 0) is 11.6 Å². The van der Waals surface area contributed by atoms with Crippen molar-refractivity contribution in [2.75, 3.05) is 0 Å². The van der Waals surface area contributed by atoms with E-state index in [1.165, 1.54) is 6.08 Å². The average molecular weight is 291 g/mol. The Balaban J connectivity index is 0.00000144. The first-order chi connectivity index (χ1) is 5.58. The van der Waals surface area contributed by atoms with Gasteiger partial charge in [-0.2, -0.15) is 0 Å². The quantitative estimate of drug-likeness (QED) is 0.607. The summed E-state index contributed by atoms with van der Waals surface area (Å²) in [5.74, 6) is 0. The Morgan fingerprint density at radius 1 is 1.15 bits per heavy atom. The number of hydrogen-bond donors (Lipinski definition) is 0. The van der Waals surface area contributed by atoms with Crippen molar-refractivity contribution in [1.29, 1.82) is 0 Å². The SMILES string of the molecule is O=S(=O)([O-])C=Cc1ccccc1.[Ag+]. The van der Waals surface area contributed by atoms with Crippen LogP contribution in [0.15, 0.2) is 35.7 Å². The molecule has 3 nitrogen and oxygen atoms in total. The predicted molar refractivity (Wildman–Crippen MR) is 45.2 cm³/mol. The number of rotatable bonds is 2. The van der Waals surface area contributed by atoms with E-state index >= 15 is 0 Å². The van der Waals surface area contributed by atoms with Gasteiger partial charge in [-0.15, -0.1) is 0 Å². The fourth-order valence-electron chi connectivity index (χ4n) is 0.726. The maximum Gasteiger partial charge on any atom is 1.00 e. The van der Waals surface area contributed by atoms with Gasteiger partial charge in [-0.3, -0.25) is 0 Å². The molecule has 1 aromatic rings. The fraction of sp³-hybridized carbons (Fsp3) is 0. The molecule has 0 aliphatic rings. The molecule has 5 heteroatoms. The van der Waals surface area contributed by atoms with Crippen LogP contribution in [-0.2, 0) is 32.5 Å². The van der Waals surface area contributed by atoms with Crippen molar-refractivity contribution < 1.29 is 35.4 Å². The van der Waals surface area contributed by atoms with Gasteiger partial charge in [0.25, 0.3) is 0 Å². The molecule has 0 amide bonds. The summed E-state index contributed by atoms with van der Waals surface area (Å²) in [6, 6.07) is 8.75. The Hall–Kier alpha value is -0.390. The zero-order chi connectivity index (χ0) is 9.03. The molecule has 0 N–H and O–H groups in total. The van der Waals surface area contributed by atoms with Crippen LogP contribution in [0.2, 0.25) is 0 Å². The van der Waals surface area contributed by atoms with Crippen LogP contribution < -0.4 is 0 Å². The Bertz CT molecular complexity index is 370. The van der Waals surface area contributed by atoms with Crippen molar-refractivity contribution in [3.63, 3.8) is 0 Å². The van der Waals surface area contributed by atoms with Gasteiger partial charge >= 0.3 is 22.4 Å². The Labute approximate surface area is 92.7 Å². The summed E-state index contributed by atoms with van der Waals surface area (Å²) in [5, 5.41) is 0.641. The summed E-state index contributed by atoms with van der Waals surface area (Å²) in [6.45, 7) is 0. The summed E-state index contributed by atoms with van der Waals surface area (Å²) in [6.07, 6.45) is 1.27. The Morgan fingerprint density at radius 3 is 2.15 bits per heavy atom. The summed E-state index contributed by atoms with van der Waals surface area (Å²) in [7, 11) is -4.25. The van der Waals surface area contributed by atoms with E-state index in [4.69, 9.17) is 0 Å². The summed E-state index contributed by atoms with van der Waals surface area (Å²) >= 11 is 0. The topological polar surface area (TPSA) is 57.2 Å². The van der Waals surface area contributed by atoms with Gasteiger partial charge in [-0.25, -0.2) is 8.42 Å². The summed E-state index contributed by atoms with van der Waals surface area (Å²) in [4.78, 5) is 0. The third kappa shape index (κ3) is 5.79. The number of benzene rings is 1. The van der Waals surface area contributed by atoms with Crippen LogP contribution in [0.1, 0.15) is 5.56 Å². The number of hydrogen-bond acceptors (Lipinski definition) is 3. The summed E-state index contributed by atoms with van der Waals surface area (Å²) in [5.41, 5.74) is 0.692. The van der Waals surface area contributed by atoms with Crippen LogP contribution in [0.5, 0.6) is 0 Å². The third-order valence-corrected chi connectivity index (χ3v) is 1.70. The monoisotopic (exact) mass is 290 g/mol. The van der Waals surface area contributed by atoms with E-state index in [2.05, 4.69) is 0 Å². The van der Waals surface area contributed by atoms with E-state index < -0.39 is 10.1 Å². The molecule has 1 aromatic carbocycles. The largest absolute Gasteiger partial charge is 1.00 e. The van der Waals surface area contributed by atoms with Gasteiger partial charge in [0.05, 0.1) is 0 Å². The maximum absolute atomic E-state index is 10.2. The minimum atomic E-state index is -4.25.